The molecule has 0 aromatic carbocycles. The van der Waals surface area contributed by atoms with Crippen molar-refractivity contribution >= 4 is 69.6 Å². The zero-order valence-electron chi connectivity index (χ0n) is 47.3. The van der Waals surface area contributed by atoms with Gasteiger partial charge in [0.15, 0.2) is 0 Å². The van der Waals surface area contributed by atoms with Crippen LogP contribution in [-0.4, -0.2) is 147 Å². The van der Waals surface area contributed by atoms with E-state index in [1.807, 2.05) is 24.3 Å². The molecule has 4 fully saturated rings. The molecule has 12 atom stereocenters. The van der Waals surface area contributed by atoms with Crippen molar-refractivity contribution in [3.8, 4) is 0 Å². The highest BCUT2D eigenvalue weighted by Crippen LogP contribution is 2.47. The van der Waals surface area contributed by atoms with Crippen molar-refractivity contribution in [2.45, 2.75) is 241 Å². The second-order valence-electron chi connectivity index (χ2n) is 25.6. The monoisotopic (exact) mass is 1120 g/mol. The summed E-state index contributed by atoms with van der Waals surface area (Å²) < 4.78 is 48.0. The van der Waals surface area contributed by atoms with Crippen LogP contribution in [-0.2, 0) is 64.9 Å². The maximum Gasteiger partial charge on any atom is 0.408 e. The molecule has 6 rings (SSSR count). The number of allylic oxidation sites excluding steroid dienone is 2. The van der Waals surface area contributed by atoms with Gasteiger partial charge in [-0.2, -0.15) is 0 Å². The number of fused-ring (bicyclic) bond motifs is 4. The lowest BCUT2D eigenvalue weighted by Crippen LogP contribution is -2.58. The minimum absolute atomic E-state index is 0.0881. The molecular formula is C54H86N8O13S2. The minimum Gasteiger partial charge on any atom is -0.444 e. The van der Waals surface area contributed by atoms with Crippen LogP contribution in [0.15, 0.2) is 24.3 Å². The first-order valence-electron chi connectivity index (χ1n) is 27.4. The summed E-state index contributed by atoms with van der Waals surface area (Å²) in [5.74, 6) is -4.61. The van der Waals surface area contributed by atoms with Crippen LogP contribution < -0.4 is 30.7 Å². The lowest BCUT2D eigenvalue weighted by Gasteiger charge is -2.30. The molecule has 8 amide bonds. The fourth-order valence-corrected chi connectivity index (χ4v) is 11.5. The van der Waals surface area contributed by atoms with Gasteiger partial charge < -0.3 is 45.3 Å². The molecule has 432 valence electrons. The molecule has 21 nitrogen and oxygen atoms in total. The number of nitrogens with one attached hydrogen (secondary N) is 6. The van der Waals surface area contributed by atoms with Gasteiger partial charge >= 0.3 is 12.2 Å². The van der Waals surface area contributed by atoms with Gasteiger partial charge in [-0.05, 0) is 134 Å². The highest BCUT2D eigenvalue weighted by molar-refractivity contribution is 7.85. The number of hydrogen-bond donors (Lipinski definition) is 6. The van der Waals surface area contributed by atoms with Crippen LogP contribution in [0.1, 0.15) is 173 Å². The van der Waals surface area contributed by atoms with Crippen LogP contribution in [0.2, 0.25) is 0 Å². The zero-order valence-corrected chi connectivity index (χ0v) is 48.9. The SMILES string of the molecule is CC(C)(C)OC(=O)NC1CCCCC/C=C\C2CC2(C(=O)N[S@](=O)C(C)(C)C)NC(=O)C2CC(OC3CC4C(=O)NC5(C(=O)N[S@](=O)C(C)(C)C)CC5/C=C\CCCCCC(NC(=O)OC(C)(C)C)C(=O)N4C3)CN2C1=O. The Morgan fingerprint density at radius 3 is 1.27 bits per heavy atom. The maximum atomic E-state index is 14.9. The standard InChI is InChI=1S/C54H86N8O13S2/c1-49(2,3)74-47(69)55-37-25-21-17-13-15-19-23-33-29-53(33,45(67)59-76(71)51(7,8)9)57-41(63)39-27-35(31-61(39)43(37)65)73-36-28-40-42(64)58-54(46(68)60-77(72)52(10,11)12)30-34(54)24-20-16-14-18-22-26-38(44(66)62(40)32-36)56-48(70)75-50(4,5)6/h19-20,23-24,33-40H,13-18,21-22,25-32H2,1-12H3,(H,55,69)(H,56,70)(H,57,63)(H,58,64)(H,59,67)(H,60,68)/b23-19-,24-20-/t33?,34?,35?,36?,37?,38?,39?,40?,53?,54?,76-,77-/m1/s1. The predicted octanol–water partition coefficient (Wildman–Crippen LogP) is 4.68. The number of ether oxygens (including phenoxy) is 3. The van der Waals surface area contributed by atoms with Crippen molar-refractivity contribution in [1.82, 2.24) is 40.5 Å². The van der Waals surface area contributed by atoms with E-state index in [0.29, 0.717) is 38.5 Å². The van der Waals surface area contributed by atoms with Gasteiger partial charge in [-0.15, -0.1) is 0 Å². The van der Waals surface area contributed by atoms with E-state index >= 15 is 0 Å². The quantitative estimate of drug-likeness (QED) is 0.181. The van der Waals surface area contributed by atoms with Gasteiger partial charge in [0.25, 0.3) is 11.8 Å². The molecule has 2 saturated heterocycles. The second-order valence-corrected chi connectivity index (χ2v) is 29.5. The van der Waals surface area contributed by atoms with Crippen LogP contribution in [0.5, 0.6) is 0 Å². The first kappa shape index (κ1) is 61.3. The topological polar surface area (TPSA) is 277 Å². The highest BCUT2D eigenvalue weighted by atomic mass is 32.2. The molecule has 10 unspecified atom stereocenters. The van der Waals surface area contributed by atoms with Crippen molar-refractivity contribution in [2.75, 3.05) is 13.1 Å². The number of amides is 8. The summed E-state index contributed by atoms with van der Waals surface area (Å²) in [5.41, 5.74) is -4.72. The van der Waals surface area contributed by atoms with Gasteiger partial charge in [-0.25, -0.2) is 18.0 Å². The third-order valence-corrected chi connectivity index (χ3v) is 17.5. The number of carbonyl (C=O) groups excluding carboxylic acids is 8. The summed E-state index contributed by atoms with van der Waals surface area (Å²) >= 11 is 0. The number of nitrogens with zero attached hydrogens (tertiary/aromatic N) is 2. The Hall–Kier alpha value is -4.90. The second kappa shape index (κ2) is 24.2. The van der Waals surface area contributed by atoms with Crippen LogP contribution in [0, 0.1) is 11.8 Å². The van der Waals surface area contributed by atoms with E-state index in [1.165, 1.54) is 9.80 Å². The fourth-order valence-electron chi connectivity index (χ4n) is 10.2. The Morgan fingerprint density at radius 2 is 0.935 bits per heavy atom. The number of alkyl carbamates (subject to hydrolysis) is 2. The third-order valence-electron chi connectivity index (χ3n) is 14.5. The van der Waals surface area contributed by atoms with Gasteiger partial charge in [0.2, 0.25) is 23.6 Å². The van der Waals surface area contributed by atoms with Crippen LogP contribution >= 0.6 is 0 Å². The molecule has 23 heteroatoms. The Labute approximate surface area is 459 Å². The zero-order chi connectivity index (χ0) is 57.1. The van der Waals surface area contributed by atoms with Crippen LogP contribution in [0.25, 0.3) is 0 Å². The Morgan fingerprint density at radius 1 is 0.571 bits per heavy atom. The number of rotatable bonds is 8. The van der Waals surface area contributed by atoms with Crippen molar-refractivity contribution in [3.63, 3.8) is 0 Å². The molecule has 2 aliphatic carbocycles. The lowest BCUT2D eigenvalue weighted by atomic mass is 10.0. The van der Waals surface area contributed by atoms with Crippen molar-refractivity contribution in [1.29, 1.82) is 0 Å². The summed E-state index contributed by atoms with van der Waals surface area (Å²) in [6, 6.07) is -4.71. The van der Waals surface area contributed by atoms with Crippen LogP contribution in [0.3, 0.4) is 0 Å². The summed E-state index contributed by atoms with van der Waals surface area (Å²) in [7, 11) is -3.63. The Kier molecular flexibility index (Phi) is 19.3. The molecular weight excluding hydrogens is 1030 g/mol. The van der Waals surface area contributed by atoms with E-state index in [9.17, 15) is 46.8 Å². The molecule has 4 aliphatic heterocycles. The molecule has 6 N–H and O–H groups in total. The van der Waals surface area contributed by atoms with Crippen molar-refractivity contribution in [2.24, 2.45) is 11.8 Å². The molecule has 2 saturated carbocycles. The Bertz CT molecular complexity index is 2210. The van der Waals surface area contributed by atoms with Crippen molar-refractivity contribution < 1.29 is 61.0 Å². The van der Waals surface area contributed by atoms with Gasteiger partial charge in [0.1, 0.15) is 68.4 Å². The maximum absolute atomic E-state index is 14.9. The Balaban J connectivity index is 1.33. The number of hydrogen-bond acceptors (Lipinski definition) is 13. The minimum atomic E-state index is -1.82. The molecule has 0 bridgehead atoms. The first-order chi connectivity index (χ1) is 35.7. The van der Waals surface area contributed by atoms with Gasteiger partial charge in [0, 0.05) is 37.8 Å². The average Bonchev–Trinajstić information content (AvgIpc) is 4.05. The van der Waals surface area contributed by atoms with E-state index in [-0.39, 0.29) is 51.6 Å². The predicted molar refractivity (Wildman–Crippen MR) is 290 cm³/mol. The first-order valence-corrected chi connectivity index (χ1v) is 29.7. The van der Waals surface area contributed by atoms with E-state index in [2.05, 4.69) is 30.7 Å². The summed E-state index contributed by atoms with van der Waals surface area (Å²) in [5, 5.41) is 11.4. The molecule has 0 spiro atoms. The van der Waals surface area contributed by atoms with E-state index in [0.717, 1.165) is 12.8 Å². The molecule has 0 radical (unpaired) electrons. The van der Waals surface area contributed by atoms with Gasteiger partial charge in [-0.1, -0.05) is 50.0 Å². The lowest BCUT2D eigenvalue weighted by molar-refractivity contribution is -0.141. The fraction of sp³-hybridized carbons (Fsp3) is 0.778. The summed E-state index contributed by atoms with van der Waals surface area (Å²) in [6.45, 7) is 20.2. The average molecular weight is 1120 g/mol. The van der Waals surface area contributed by atoms with Crippen molar-refractivity contribution in [3.05, 3.63) is 24.3 Å². The molecule has 77 heavy (non-hydrogen) atoms. The van der Waals surface area contributed by atoms with E-state index in [1.54, 1.807) is 83.1 Å². The smallest absolute Gasteiger partial charge is 0.408 e. The summed E-state index contributed by atoms with van der Waals surface area (Å²) in [6.07, 6.45) is 10.3. The summed E-state index contributed by atoms with van der Waals surface area (Å²) in [4.78, 5) is 117. The van der Waals surface area contributed by atoms with E-state index < -0.39 is 150 Å². The normalized spacial score (nSPS) is 32.4. The molecule has 4 heterocycles. The molecule has 0 aromatic heterocycles. The molecule has 6 aliphatic rings. The molecule has 0 aromatic rings. The van der Waals surface area contributed by atoms with Gasteiger partial charge in [0.05, 0.1) is 21.7 Å². The van der Waals surface area contributed by atoms with E-state index in [4.69, 9.17) is 14.2 Å². The number of carbonyl (C=O) groups is 8. The third kappa shape index (κ3) is 16.1. The largest absolute Gasteiger partial charge is 0.444 e. The highest BCUT2D eigenvalue weighted by Gasteiger charge is 2.63. The van der Waals surface area contributed by atoms with Gasteiger partial charge in [-0.3, -0.25) is 38.2 Å². The van der Waals surface area contributed by atoms with Crippen LogP contribution in [0.4, 0.5) is 9.59 Å².